The van der Waals surface area contributed by atoms with Crippen molar-refractivity contribution < 1.29 is 28.2 Å². The van der Waals surface area contributed by atoms with Crippen molar-refractivity contribution in [3.05, 3.63) is 64.0 Å². The Bertz CT molecular complexity index is 1480. The Hall–Kier alpha value is -3.53. The number of aryl methyl sites for hydroxylation is 2. The van der Waals surface area contributed by atoms with Crippen LogP contribution in [0.1, 0.15) is 52.7 Å². The van der Waals surface area contributed by atoms with Gasteiger partial charge in [0, 0.05) is 55.5 Å². The van der Waals surface area contributed by atoms with Gasteiger partial charge < -0.3 is 19.6 Å². The summed E-state index contributed by atoms with van der Waals surface area (Å²) in [6.07, 6.45) is 1.32. The second-order valence-corrected chi connectivity index (χ2v) is 12.8. The minimum absolute atomic E-state index is 0.0616. The largest absolute Gasteiger partial charge is 0.488 e. The molecule has 2 aliphatic heterocycles. The lowest BCUT2D eigenvalue weighted by molar-refractivity contribution is -0.144. The molecule has 3 aliphatic rings. The summed E-state index contributed by atoms with van der Waals surface area (Å²) < 4.78 is 33.3. The maximum Gasteiger partial charge on any atom is 0.307 e. The first-order valence-electron chi connectivity index (χ1n) is 14.5. The van der Waals surface area contributed by atoms with Crippen LogP contribution in [0.4, 0.5) is 13.9 Å². The summed E-state index contributed by atoms with van der Waals surface area (Å²) in [6, 6.07) is 11.4. The highest BCUT2D eigenvalue weighted by Crippen LogP contribution is 2.44. The number of carbonyl (C=O) groups is 2. The van der Waals surface area contributed by atoms with Crippen LogP contribution in [0, 0.1) is 31.6 Å². The predicted molar refractivity (Wildman–Crippen MR) is 157 cm³/mol. The molecule has 2 saturated heterocycles. The molecule has 42 heavy (non-hydrogen) atoms. The van der Waals surface area contributed by atoms with Crippen molar-refractivity contribution in [2.45, 2.75) is 52.1 Å². The van der Waals surface area contributed by atoms with E-state index in [1.807, 2.05) is 37.4 Å². The van der Waals surface area contributed by atoms with E-state index in [-0.39, 0.29) is 49.6 Å². The standard InChI is InChI=1S/C32H35F2N3O4S/c1-19-3-8-27(41-17-24-7-4-21(14-20(24)2)29(38)36-11-9-32(33,34)10-12-36)25(13-19)26-18-42-31(35-26)37-15-22-5-6-23(16-37)28(22)30(39)40/h3-4,7-8,13-14,18,22-23,28H,5-6,9-12,15-17H2,1-2H3,(H,39,40)/t22-,23+,28?. The van der Waals surface area contributed by atoms with E-state index >= 15 is 0 Å². The topological polar surface area (TPSA) is 83.0 Å². The Morgan fingerprint density at radius 1 is 1.07 bits per heavy atom. The van der Waals surface area contributed by atoms with E-state index in [1.165, 1.54) is 4.90 Å². The number of aromatic nitrogens is 1. The Labute approximate surface area is 248 Å². The molecule has 222 valence electrons. The molecule has 3 fully saturated rings. The van der Waals surface area contributed by atoms with Gasteiger partial charge in [0.05, 0.1) is 11.6 Å². The van der Waals surface area contributed by atoms with E-state index in [0.29, 0.717) is 17.9 Å². The van der Waals surface area contributed by atoms with E-state index in [9.17, 15) is 23.5 Å². The van der Waals surface area contributed by atoms with E-state index < -0.39 is 11.9 Å². The molecule has 3 heterocycles. The zero-order chi connectivity index (χ0) is 29.6. The summed E-state index contributed by atoms with van der Waals surface area (Å²) >= 11 is 1.57. The summed E-state index contributed by atoms with van der Waals surface area (Å²) in [5, 5.41) is 12.6. The third kappa shape index (κ3) is 5.73. The number of thiazole rings is 1. The first-order chi connectivity index (χ1) is 20.1. The van der Waals surface area contributed by atoms with Gasteiger partial charge >= 0.3 is 5.97 Å². The van der Waals surface area contributed by atoms with Gasteiger partial charge in [-0.15, -0.1) is 11.3 Å². The number of carboxylic acids is 1. The summed E-state index contributed by atoms with van der Waals surface area (Å²) in [6.45, 7) is 5.81. The number of likely N-dealkylation sites (tertiary alicyclic amines) is 1. The van der Waals surface area contributed by atoms with Crippen molar-refractivity contribution in [1.82, 2.24) is 9.88 Å². The molecule has 1 N–H and O–H groups in total. The van der Waals surface area contributed by atoms with Crippen molar-refractivity contribution in [1.29, 1.82) is 0 Å². The molecule has 7 nitrogen and oxygen atoms in total. The second-order valence-electron chi connectivity index (χ2n) is 12.0. The molecule has 10 heteroatoms. The molecule has 1 saturated carbocycles. The number of piperidine rings is 2. The van der Waals surface area contributed by atoms with Gasteiger partial charge in [0.1, 0.15) is 12.4 Å². The SMILES string of the molecule is Cc1ccc(OCc2ccc(C(=O)N3CCC(F)(F)CC3)cc2C)c(-c2csc(N3C[C@H]4CC[C@@H](C3)C4C(=O)O)n2)c1. The van der Waals surface area contributed by atoms with Crippen molar-refractivity contribution in [2.75, 3.05) is 31.1 Å². The van der Waals surface area contributed by atoms with Gasteiger partial charge in [0.2, 0.25) is 0 Å². The van der Waals surface area contributed by atoms with Gasteiger partial charge in [0.15, 0.2) is 5.13 Å². The van der Waals surface area contributed by atoms with E-state index in [0.717, 1.165) is 59.0 Å². The van der Waals surface area contributed by atoms with Crippen LogP contribution in [0.3, 0.4) is 0 Å². The predicted octanol–water partition coefficient (Wildman–Crippen LogP) is 6.42. The van der Waals surface area contributed by atoms with Gasteiger partial charge in [0.25, 0.3) is 11.8 Å². The molecular formula is C32H35F2N3O4S. The molecule has 3 atom stereocenters. The summed E-state index contributed by atoms with van der Waals surface area (Å²) in [5.41, 5.74) is 5.12. The zero-order valence-electron chi connectivity index (χ0n) is 23.8. The molecule has 3 aromatic rings. The first-order valence-corrected chi connectivity index (χ1v) is 15.4. The minimum atomic E-state index is -2.69. The van der Waals surface area contributed by atoms with Crippen molar-refractivity contribution in [3.8, 4) is 17.0 Å². The van der Waals surface area contributed by atoms with Crippen LogP contribution in [0.25, 0.3) is 11.3 Å². The zero-order valence-corrected chi connectivity index (χ0v) is 24.6. The number of rotatable bonds is 7. The molecule has 2 bridgehead atoms. The Kier molecular flexibility index (Phi) is 7.68. The maximum atomic E-state index is 13.5. The molecule has 1 unspecified atom stereocenters. The number of benzene rings is 2. The van der Waals surface area contributed by atoms with Gasteiger partial charge in [-0.05, 0) is 73.9 Å². The van der Waals surface area contributed by atoms with Crippen molar-refractivity contribution >= 4 is 28.3 Å². The van der Waals surface area contributed by atoms with Gasteiger partial charge in [-0.2, -0.15) is 0 Å². The number of hydrogen-bond acceptors (Lipinski definition) is 6. The van der Waals surface area contributed by atoms with Crippen molar-refractivity contribution in [3.63, 3.8) is 0 Å². The number of ether oxygens (including phenoxy) is 1. The third-order valence-corrected chi connectivity index (χ3v) is 9.95. The van der Waals surface area contributed by atoms with Crippen LogP contribution in [0.15, 0.2) is 41.8 Å². The highest BCUT2D eigenvalue weighted by molar-refractivity contribution is 7.14. The van der Waals surface area contributed by atoms with Gasteiger partial charge in [-0.3, -0.25) is 9.59 Å². The number of fused-ring (bicyclic) bond motifs is 2. The quantitative estimate of drug-likeness (QED) is 0.339. The normalized spacial score (nSPS) is 23.2. The Balaban J connectivity index is 1.14. The van der Waals surface area contributed by atoms with E-state index in [2.05, 4.69) is 11.0 Å². The number of amides is 1. The number of carboxylic acid groups (broad SMARTS) is 1. The molecule has 1 aromatic heterocycles. The van der Waals surface area contributed by atoms with Crippen LogP contribution >= 0.6 is 11.3 Å². The molecule has 0 spiro atoms. The third-order valence-electron chi connectivity index (χ3n) is 9.05. The lowest BCUT2D eigenvalue weighted by atomic mass is 9.85. The van der Waals surface area contributed by atoms with E-state index in [4.69, 9.17) is 9.72 Å². The number of aliphatic carboxylic acids is 1. The summed E-state index contributed by atoms with van der Waals surface area (Å²) in [7, 11) is 0. The van der Waals surface area contributed by atoms with E-state index in [1.54, 1.807) is 23.5 Å². The second kappa shape index (κ2) is 11.3. The average molecular weight is 596 g/mol. The molecule has 1 aliphatic carbocycles. The highest BCUT2D eigenvalue weighted by Gasteiger charge is 2.46. The highest BCUT2D eigenvalue weighted by atomic mass is 32.1. The van der Waals surface area contributed by atoms with Crippen LogP contribution in [0.2, 0.25) is 0 Å². The van der Waals surface area contributed by atoms with Crippen molar-refractivity contribution in [2.24, 2.45) is 17.8 Å². The molecular weight excluding hydrogens is 560 g/mol. The number of nitrogens with zero attached hydrogens (tertiary/aromatic N) is 3. The van der Waals surface area contributed by atoms with Crippen LogP contribution in [-0.4, -0.2) is 59.0 Å². The molecule has 1 amide bonds. The molecule has 2 aromatic carbocycles. The Morgan fingerprint density at radius 3 is 2.45 bits per heavy atom. The lowest BCUT2D eigenvalue weighted by Crippen LogP contribution is -2.44. The first kappa shape index (κ1) is 28.6. The number of hydrogen-bond donors (Lipinski definition) is 1. The molecule has 6 rings (SSSR count). The van der Waals surface area contributed by atoms with Crippen LogP contribution in [-0.2, 0) is 11.4 Å². The van der Waals surface area contributed by atoms with Crippen LogP contribution in [0.5, 0.6) is 5.75 Å². The number of halogens is 2. The minimum Gasteiger partial charge on any atom is -0.488 e. The lowest BCUT2D eigenvalue weighted by Gasteiger charge is -2.35. The smallest absolute Gasteiger partial charge is 0.307 e. The summed E-state index contributed by atoms with van der Waals surface area (Å²) in [4.78, 5) is 33.4. The van der Waals surface area contributed by atoms with Crippen LogP contribution < -0.4 is 9.64 Å². The van der Waals surface area contributed by atoms with Gasteiger partial charge in [-0.1, -0.05) is 17.7 Å². The fourth-order valence-electron chi connectivity index (χ4n) is 6.65. The average Bonchev–Trinajstić information content (AvgIpc) is 3.55. The number of anilines is 1. The number of alkyl halides is 2. The fourth-order valence-corrected chi connectivity index (χ4v) is 7.50. The monoisotopic (exact) mass is 595 g/mol. The summed E-state index contributed by atoms with van der Waals surface area (Å²) in [5.74, 6) is -2.79. The fraction of sp³-hybridized carbons (Fsp3) is 0.469. The molecule has 0 radical (unpaired) electrons. The maximum absolute atomic E-state index is 13.5. The Morgan fingerprint density at radius 2 is 1.79 bits per heavy atom. The van der Waals surface area contributed by atoms with Gasteiger partial charge in [-0.25, -0.2) is 13.8 Å². The number of carbonyl (C=O) groups excluding carboxylic acids is 1.